The Labute approximate surface area is 167 Å². The largest absolute Gasteiger partial charge is 0.439 e. The second-order valence-electron chi connectivity index (χ2n) is 6.51. The molecule has 0 bridgehead atoms. The first-order valence-corrected chi connectivity index (χ1v) is 9.05. The summed E-state index contributed by atoms with van der Waals surface area (Å²) in [5, 5.41) is 7.68. The van der Waals surface area contributed by atoms with Crippen molar-refractivity contribution >= 4 is 5.82 Å². The summed E-state index contributed by atoms with van der Waals surface area (Å²) in [7, 11) is 0. The molecule has 29 heavy (non-hydrogen) atoms. The fraction of sp³-hybridized carbons (Fsp3) is 0.143. The van der Waals surface area contributed by atoms with Gasteiger partial charge in [-0.3, -0.25) is 4.98 Å². The van der Waals surface area contributed by atoms with E-state index in [2.05, 4.69) is 25.4 Å². The molecule has 7 nitrogen and oxygen atoms in total. The molecule has 0 aliphatic carbocycles. The Balaban J connectivity index is 1.45. The highest BCUT2D eigenvalue weighted by molar-refractivity contribution is 5.38. The molecule has 0 saturated heterocycles. The number of halogens is 1. The zero-order valence-electron chi connectivity index (χ0n) is 16.0. The highest BCUT2D eigenvalue weighted by Crippen LogP contribution is 2.20. The van der Waals surface area contributed by atoms with Crippen LogP contribution >= 0.6 is 0 Å². The molecule has 146 valence electrons. The molecule has 0 saturated carbocycles. The maximum atomic E-state index is 13.0. The number of benzene rings is 1. The molecule has 3 aromatic heterocycles. The number of hydrogen-bond acceptors (Lipinski definition) is 6. The van der Waals surface area contributed by atoms with Crippen molar-refractivity contribution in [3.05, 3.63) is 83.8 Å². The summed E-state index contributed by atoms with van der Waals surface area (Å²) in [4.78, 5) is 13.0. The van der Waals surface area contributed by atoms with E-state index in [9.17, 15) is 4.39 Å². The van der Waals surface area contributed by atoms with E-state index in [-0.39, 0.29) is 5.82 Å². The van der Waals surface area contributed by atoms with Gasteiger partial charge in [0.15, 0.2) is 5.82 Å². The van der Waals surface area contributed by atoms with Crippen LogP contribution < -0.4 is 10.1 Å². The Morgan fingerprint density at radius 2 is 1.90 bits per heavy atom. The molecular weight excluding hydrogens is 371 g/mol. The van der Waals surface area contributed by atoms with Gasteiger partial charge < -0.3 is 10.1 Å². The molecule has 0 amide bonds. The molecule has 4 aromatic rings. The molecule has 0 aliphatic rings. The molecule has 0 atom stereocenters. The van der Waals surface area contributed by atoms with Crippen LogP contribution in [0.2, 0.25) is 0 Å². The van der Waals surface area contributed by atoms with Crippen LogP contribution in [-0.2, 0) is 6.54 Å². The van der Waals surface area contributed by atoms with E-state index in [0.29, 0.717) is 29.8 Å². The summed E-state index contributed by atoms with van der Waals surface area (Å²) in [6, 6.07) is 11.5. The predicted octanol–water partition coefficient (Wildman–Crippen LogP) is 4.22. The van der Waals surface area contributed by atoms with Crippen LogP contribution in [0.15, 0.2) is 61.1 Å². The number of anilines is 1. The zero-order chi connectivity index (χ0) is 20.2. The molecule has 0 spiro atoms. The van der Waals surface area contributed by atoms with E-state index in [0.717, 1.165) is 17.0 Å². The molecule has 1 aromatic carbocycles. The summed E-state index contributed by atoms with van der Waals surface area (Å²) in [6.45, 7) is 4.42. The smallest absolute Gasteiger partial charge is 0.219 e. The van der Waals surface area contributed by atoms with Crippen molar-refractivity contribution in [2.45, 2.75) is 20.4 Å². The normalized spacial score (nSPS) is 10.7. The summed E-state index contributed by atoms with van der Waals surface area (Å²) < 4.78 is 20.4. The lowest BCUT2D eigenvalue weighted by Gasteiger charge is -2.09. The van der Waals surface area contributed by atoms with Gasteiger partial charge in [-0.05, 0) is 55.8 Å². The third kappa shape index (κ3) is 4.55. The standard InChI is InChI=1S/C21H19FN6O/c1-14-9-15(2)28(27-14)20-13-23-12-19(26-20)25-11-16-7-8-24-21(10-16)29-18-5-3-17(22)4-6-18/h3-10,12-13H,11H2,1-2H3,(H,25,26). The molecule has 0 aliphatic heterocycles. The summed E-state index contributed by atoms with van der Waals surface area (Å²) in [5.41, 5.74) is 2.87. The van der Waals surface area contributed by atoms with Gasteiger partial charge in [0.2, 0.25) is 5.88 Å². The van der Waals surface area contributed by atoms with Gasteiger partial charge in [-0.1, -0.05) is 0 Å². The SMILES string of the molecule is Cc1cc(C)n(-c2cncc(NCc3ccnc(Oc4ccc(F)cc4)c3)n2)n1. The molecule has 4 rings (SSSR count). The van der Waals surface area contributed by atoms with Crippen LogP contribution in [0, 0.1) is 19.7 Å². The Bertz CT molecular complexity index is 1130. The van der Waals surface area contributed by atoms with E-state index < -0.39 is 0 Å². The molecule has 0 fully saturated rings. The quantitative estimate of drug-likeness (QED) is 0.531. The van der Waals surface area contributed by atoms with Crippen LogP contribution in [0.4, 0.5) is 10.2 Å². The van der Waals surface area contributed by atoms with Crippen LogP contribution in [-0.4, -0.2) is 24.7 Å². The minimum absolute atomic E-state index is 0.313. The molecule has 8 heteroatoms. The van der Waals surface area contributed by atoms with Crippen LogP contribution in [0.25, 0.3) is 5.82 Å². The lowest BCUT2D eigenvalue weighted by molar-refractivity contribution is 0.460. The van der Waals surface area contributed by atoms with Gasteiger partial charge in [-0.25, -0.2) is 19.0 Å². The fourth-order valence-corrected chi connectivity index (χ4v) is 2.84. The first-order valence-electron chi connectivity index (χ1n) is 9.05. The monoisotopic (exact) mass is 390 g/mol. The third-order valence-electron chi connectivity index (χ3n) is 4.16. The van der Waals surface area contributed by atoms with Crippen molar-refractivity contribution in [1.82, 2.24) is 24.7 Å². The van der Waals surface area contributed by atoms with E-state index in [1.165, 1.54) is 12.1 Å². The molecular formula is C21H19FN6O. The number of pyridine rings is 1. The van der Waals surface area contributed by atoms with Gasteiger partial charge in [-0.2, -0.15) is 5.10 Å². The van der Waals surface area contributed by atoms with Crippen molar-refractivity contribution in [3.63, 3.8) is 0 Å². The summed E-state index contributed by atoms with van der Waals surface area (Å²) >= 11 is 0. The van der Waals surface area contributed by atoms with Crippen molar-refractivity contribution < 1.29 is 9.13 Å². The van der Waals surface area contributed by atoms with Crippen molar-refractivity contribution in [2.75, 3.05) is 5.32 Å². The van der Waals surface area contributed by atoms with Gasteiger partial charge in [-0.15, -0.1) is 0 Å². The Morgan fingerprint density at radius 1 is 1.07 bits per heavy atom. The van der Waals surface area contributed by atoms with Crippen LogP contribution in [0.1, 0.15) is 17.0 Å². The van der Waals surface area contributed by atoms with E-state index in [1.54, 1.807) is 35.4 Å². The zero-order valence-corrected chi connectivity index (χ0v) is 16.0. The van der Waals surface area contributed by atoms with Gasteiger partial charge in [0.05, 0.1) is 18.1 Å². The number of nitrogens with zero attached hydrogens (tertiary/aromatic N) is 5. The highest BCUT2D eigenvalue weighted by Gasteiger charge is 2.07. The Hall–Kier alpha value is -3.81. The maximum absolute atomic E-state index is 13.0. The van der Waals surface area contributed by atoms with E-state index in [1.807, 2.05) is 32.0 Å². The fourth-order valence-electron chi connectivity index (χ4n) is 2.84. The second kappa shape index (κ2) is 8.05. The van der Waals surface area contributed by atoms with Crippen LogP contribution in [0.5, 0.6) is 11.6 Å². The molecule has 1 N–H and O–H groups in total. The highest BCUT2D eigenvalue weighted by atomic mass is 19.1. The van der Waals surface area contributed by atoms with Crippen molar-refractivity contribution in [3.8, 4) is 17.4 Å². The van der Waals surface area contributed by atoms with E-state index >= 15 is 0 Å². The number of nitrogens with one attached hydrogen (secondary N) is 1. The minimum Gasteiger partial charge on any atom is -0.439 e. The number of aromatic nitrogens is 5. The lowest BCUT2D eigenvalue weighted by atomic mass is 10.2. The average Bonchev–Trinajstić information content (AvgIpc) is 3.07. The van der Waals surface area contributed by atoms with Gasteiger partial charge in [0.25, 0.3) is 0 Å². The van der Waals surface area contributed by atoms with E-state index in [4.69, 9.17) is 4.74 Å². The summed E-state index contributed by atoms with van der Waals surface area (Å²) in [5.74, 6) is 1.92. The number of hydrogen-bond donors (Lipinski definition) is 1. The first-order chi connectivity index (χ1) is 14.1. The predicted molar refractivity (Wildman–Crippen MR) is 107 cm³/mol. The number of ether oxygens (including phenoxy) is 1. The molecule has 0 radical (unpaired) electrons. The first kappa shape index (κ1) is 18.5. The minimum atomic E-state index is -0.313. The Kier molecular flexibility index (Phi) is 5.15. The Morgan fingerprint density at radius 3 is 2.66 bits per heavy atom. The molecule has 0 unspecified atom stereocenters. The van der Waals surface area contributed by atoms with Gasteiger partial charge in [0.1, 0.15) is 17.4 Å². The van der Waals surface area contributed by atoms with Crippen LogP contribution in [0.3, 0.4) is 0 Å². The lowest BCUT2D eigenvalue weighted by Crippen LogP contribution is -2.07. The topological polar surface area (TPSA) is 77.8 Å². The second-order valence-corrected chi connectivity index (χ2v) is 6.51. The third-order valence-corrected chi connectivity index (χ3v) is 4.16. The maximum Gasteiger partial charge on any atom is 0.219 e. The number of rotatable bonds is 6. The van der Waals surface area contributed by atoms with Gasteiger partial charge in [0, 0.05) is 24.5 Å². The number of aryl methyl sites for hydroxylation is 2. The van der Waals surface area contributed by atoms with Crippen molar-refractivity contribution in [2.24, 2.45) is 0 Å². The molecule has 3 heterocycles. The summed E-state index contributed by atoms with van der Waals surface area (Å²) in [6.07, 6.45) is 4.99. The van der Waals surface area contributed by atoms with Crippen molar-refractivity contribution in [1.29, 1.82) is 0 Å². The van der Waals surface area contributed by atoms with Gasteiger partial charge >= 0.3 is 0 Å². The average molecular weight is 390 g/mol.